The van der Waals surface area contributed by atoms with Crippen LogP contribution in [0.4, 0.5) is 11.5 Å². The largest absolute Gasteiger partial charge is 0.384 e. The molecule has 10 nitrogen and oxygen atoms in total. The smallest absolute Gasteiger partial charge is 0.227 e. The molecule has 3 N–H and O–H groups in total. The Labute approximate surface area is 364 Å². The highest BCUT2D eigenvalue weighted by molar-refractivity contribution is 9.10. The van der Waals surface area contributed by atoms with E-state index < -0.39 is 6.04 Å². The first-order valence-electron chi connectivity index (χ1n) is 21.9. The molecule has 2 amide bonds. The van der Waals surface area contributed by atoms with E-state index in [1.807, 2.05) is 30.0 Å². The van der Waals surface area contributed by atoms with Gasteiger partial charge in [0.1, 0.15) is 23.2 Å². The number of amides is 2. The fraction of sp³-hybridized carbons (Fsp3) is 0.531. The average molecular weight is 884 g/mol. The zero-order valence-electron chi connectivity index (χ0n) is 35.9. The average Bonchev–Trinajstić information content (AvgIpc) is 4.05. The minimum Gasteiger partial charge on any atom is -0.384 e. The molecule has 0 unspecified atom stereocenters. The summed E-state index contributed by atoms with van der Waals surface area (Å²) in [7, 11) is 0. The first-order valence-corrected chi connectivity index (χ1v) is 22.7. The summed E-state index contributed by atoms with van der Waals surface area (Å²) >= 11 is 3.44. The van der Waals surface area contributed by atoms with Gasteiger partial charge in [-0.25, -0.2) is 4.98 Å². The molecule has 322 valence electrons. The van der Waals surface area contributed by atoms with Gasteiger partial charge in [0, 0.05) is 65.8 Å². The fourth-order valence-electron chi connectivity index (χ4n) is 9.07. The number of halogens is 1. The third-order valence-corrected chi connectivity index (χ3v) is 13.4. The van der Waals surface area contributed by atoms with Gasteiger partial charge in [-0.1, -0.05) is 46.3 Å². The molecule has 2 heterocycles. The summed E-state index contributed by atoms with van der Waals surface area (Å²) in [5.41, 5.74) is 11.1. The molecule has 1 aromatic heterocycles. The van der Waals surface area contributed by atoms with Gasteiger partial charge in [-0.2, -0.15) is 0 Å². The predicted octanol–water partition coefficient (Wildman–Crippen LogP) is 8.71. The van der Waals surface area contributed by atoms with Crippen LogP contribution in [0.15, 0.2) is 65.1 Å². The van der Waals surface area contributed by atoms with E-state index in [0.717, 1.165) is 85.7 Å². The number of carbonyl (C=O) groups excluding carboxylic acids is 6. The lowest BCUT2D eigenvalue weighted by atomic mass is 9.96. The number of carbonyl (C=O) groups is 6. The second-order valence-corrected chi connectivity index (χ2v) is 18.4. The van der Waals surface area contributed by atoms with E-state index in [1.165, 1.54) is 17.5 Å². The molecule has 60 heavy (non-hydrogen) atoms. The van der Waals surface area contributed by atoms with E-state index in [-0.39, 0.29) is 41.0 Å². The molecule has 4 fully saturated rings. The van der Waals surface area contributed by atoms with E-state index in [9.17, 15) is 28.8 Å². The molecular formula is C49H63BrN4O6. The molecule has 3 aliphatic carbocycles. The van der Waals surface area contributed by atoms with Crippen LogP contribution in [0.3, 0.4) is 0 Å². The van der Waals surface area contributed by atoms with Crippen LogP contribution in [-0.2, 0) is 48.0 Å². The molecule has 0 bridgehead atoms. The number of nitrogen functional groups attached to an aromatic ring is 1. The molecule has 4 aliphatic rings. The molecule has 7 rings (SSSR count). The van der Waals surface area contributed by atoms with Crippen LogP contribution in [0.1, 0.15) is 120 Å². The number of benzene rings is 2. The van der Waals surface area contributed by atoms with E-state index in [4.69, 9.17) is 5.73 Å². The van der Waals surface area contributed by atoms with Gasteiger partial charge in [0.15, 0.2) is 5.78 Å². The van der Waals surface area contributed by atoms with Crippen molar-refractivity contribution in [2.75, 3.05) is 17.2 Å². The van der Waals surface area contributed by atoms with Crippen molar-refractivity contribution in [1.29, 1.82) is 0 Å². The van der Waals surface area contributed by atoms with Crippen LogP contribution in [0, 0.1) is 36.5 Å². The summed E-state index contributed by atoms with van der Waals surface area (Å²) in [6.45, 7) is 7.75. The zero-order valence-corrected chi connectivity index (χ0v) is 37.4. The van der Waals surface area contributed by atoms with Crippen LogP contribution in [0.2, 0.25) is 0 Å². The molecular weight excluding hydrogens is 820 g/mol. The molecule has 11 heteroatoms. The number of rotatable bonds is 13. The number of pyridine rings is 1. The van der Waals surface area contributed by atoms with E-state index in [0.29, 0.717) is 61.5 Å². The second-order valence-electron chi connectivity index (χ2n) is 17.5. The molecule has 6 atom stereocenters. The van der Waals surface area contributed by atoms with Crippen LogP contribution >= 0.6 is 15.9 Å². The molecule has 1 saturated heterocycles. The van der Waals surface area contributed by atoms with Crippen molar-refractivity contribution in [3.05, 3.63) is 87.5 Å². The lowest BCUT2D eigenvalue weighted by Gasteiger charge is -2.18. The number of Topliss-reactive ketones (excluding diaryl/α,β-unsaturated/α-hetero) is 4. The van der Waals surface area contributed by atoms with Gasteiger partial charge in [0.05, 0.1) is 6.04 Å². The maximum Gasteiger partial charge on any atom is 0.227 e. The summed E-state index contributed by atoms with van der Waals surface area (Å²) in [6.07, 6.45) is 12.6. The van der Waals surface area contributed by atoms with Gasteiger partial charge in [-0.3, -0.25) is 28.8 Å². The molecule has 0 spiro atoms. The Hall–Kier alpha value is -4.51. The Kier molecular flexibility index (Phi) is 17.4. The summed E-state index contributed by atoms with van der Waals surface area (Å²) in [4.78, 5) is 76.0. The lowest BCUT2D eigenvalue weighted by Crippen LogP contribution is -2.41. The highest BCUT2D eigenvalue weighted by atomic mass is 79.9. The first-order chi connectivity index (χ1) is 28.6. The third-order valence-electron chi connectivity index (χ3n) is 12.8. The van der Waals surface area contributed by atoms with Crippen LogP contribution in [0.5, 0.6) is 0 Å². The third kappa shape index (κ3) is 14.0. The number of nitrogens with one attached hydrogen (secondary N) is 1. The van der Waals surface area contributed by atoms with Crippen molar-refractivity contribution in [3.63, 3.8) is 0 Å². The van der Waals surface area contributed by atoms with Crippen molar-refractivity contribution < 1.29 is 28.8 Å². The van der Waals surface area contributed by atoms with Gasteiger partial charge < -0.3 is 16.0 Å². The Bertz CT molecular complexity index is 1980. The topological polar surface area (TPSA) is 157 Å². The van der Waals surface area contributed by atoms with E-state index >= 15 is 0 Å². The van der Waals surface area contributed by atoms with Gasteiger partial charge in [-0.05, 0) is 157 Å². The van der Waals surface area contributed by atoms with Crippen LogP contribution in [0.25, 0.3) is 0 Å². The van der Waals surface area contributed by atoms with Crippen LogP contribution < -0.4 is 16.0 Å². The number of aryl methyl sites for hydroxylation is 2. The summed E-state index contributed by atoms with van der Waals surface area (Å²) in [5, 5.41) is 2.95. The monoisotopic (exact) mass is 882 g/mol. The van der Waals surface area contributed by atoms with Crippen molar-refractivity contribution in [2.45, 2.75) is 130 Å². The minimum absolute atomic E-state index is 0.0124. The molecule has 1 aliphatic heterocycles. The quantitative estimate of drug-likeness (QED) is 0.173. The zero-order chi connectivity index (χ0) is 43.3. The number of anilines is 2. The minimum atomic E-state index is -0.496. The Morgan fingerprint density at radius 2 is 1.40 bits per heavy atom. The van der Waals surface area contributed by atoms with Gasteiger partial charge in [-0.15, -0.1) is 0 Å². The first kappa shape index (κ1) is 46.6. The number of nitrogens with zero attached hydrogens (tertiary/aromatic N) is 2. The number of ketones is 4. The summed E-state index contributed by atoms with van der Waals surface area (Å²) in [6, 6.07) is 20.0. The van der Waals surface area contributed by atoms with Gasteiger partial charge in [0.25, 0.3) is 0 Å². The summed E-state index contributed by atoms with van der Waals surface area (Å²) < 4.78 is 1.13. The maximum absolute atomic E-state index is 12.8. The second kappa shape index (κ2) is 22.4. The standard InChI is InChI=1S/C28H36N4O3.C14H17BrO.C7H10O2/c1-18-22(10-14-26(29)30-18)9-13-25(33)19(2)31-28(35)23-8-5-21(17-23)16-20-6-11-24(12-7-20)32-15-3-4-27(32)34;1-10(16)13-5-2-12(9-13)8-11-3-6-14(15)7-4-11;1-5(8)6-2-3-7(9)4-6/h6-7,10-12,14,19,21,23H,3-5,8-9,13,15-17H2,1-2H3,(H2,29,30)(H,31,35);3-4,6-7,12-13H,2,5,8-9H2,1H3;6H,2-4H2,1H3/t19-,21-,23+;12-,13+;6-/m000/s1. The van der Waals surface area contributed by atoms with E-state index in [2.05, 4.69) is 62.6 Å². The van der Waals surface area contributed by atoms with Crippen molar-refractivity contribution in [1.82, 2.24) is 10.3 Å². The van der Waals surface area contributed by atoms with Gasteiger partial charge >= 0.3 is 0 Å². The Morgan fingerprint density at radius 3 is 1.92 bits per heavy atom. The maximum atomic E-state index is 12.8. The molecule has 3 saturated carbocycles. The highest BCUT2D eigenvalue weighted by Crippen LogP contribution is 2.35. The predicted molar refractivity (Wildman–Crippen MR) is 239 cm³/mol. The van der Waals surface area contributed by atoms with Crippen molar-refractivity contribution >= 4 is 62.4 Å². The Balaban J connectivity index is 0.000000222. The van der Waals surface area contributed by atoms with Gasteiger partial charge in [0.2, 0.25) is 11.8 Å². The van der Waals surface area contributed by atoms with E-state index in [1.54, 1.807) is 26.8 Å². The highest BCUT2D eigenvalue weighted by Gasteiger charge is 2.32. The number of hydrogen-bond donors (Lipinski definition) is 2. The molecule has 0 radical (unpaired) electrons. The lowest BCUT2D eigenvalue weighted by molar-refractivity contribution is -0.129. The molecule has 2 aromatic carbocycles. The summed E-state index contributed by atoms with van der Waals surface area (Å²) in [5.74, 6) is 2.98. The Morgan fingerprint density at radius 1 is 0.800 bits per heavy atom. The van der Waals surface area contributed by atoms with Crippen LogP contribution in [-0.4, -0.2) is 52.5 Å². The number of nitrogens with two attached hydrogens (primary N) is 1. The van der Waals surface area contributed by atoms with Crippen molar-refractivity contribution in [3.8, 4) is 0 Å². The normalized spacial score (nSPS) is 22.7. The fourth-order valence-corrected chi connectivity index (χ4v) is 9.33. The van der Waals surface area contributed by atoms with Crippen molar-refractivity contribution in [2.24, 2.45) is 29.6 Å². The SMILES string of the molecule is CC(=O)[C@@H]1CC[C@@H](Cc2ccc(Br)cc2)C1.CC(=O)[C@H]1CCC(=O)C1.Cc1nc(N)ccc1CCC(=O)[C@H](C)NC(=O)[C@@H]1CC[C@@H](Cc2ccc(N3CCCC3=O)cc2)C1. The molecule has 3 aromatic rings. The number of hydrogen-bond acceptors (Lipinski definition) is 8. The number of aromatic nitrogens is 1.